The van der Waals surface area contributed by atoms with Gasteiger partial charge in [-0.15, -0.1) is 25.7 Å². The number of aliphatic hydroxyl groups excluding tert-OH is 4. The van der Waals surface area contributed by atoms with Gasteiger partial charge in [-0.25, -0.2) is 32.6 Å². The van der Waals surface area contributed by atoms with Crippen LogP contribution in [0.15, 0.2) is 85.3 Å². The predicted octanol–water partition coefficient (Wildman–Crippen LogP) is 3.06. The van der Waals surface area contributed by atoms with E-state index in [1.54, 1.807) is 18.5 Å². The van der Waals surface area contributed by atoms with Crippen molar-refractivity contribution >= 4 is 104 Å². The summed E-state index contributed by atoms with van der Waals surface area (Å²) in [6, 6.07) is 7.41. The lowest BCUT2D eigenvalue weighted by Gasteiger charge is -2.37. The second kappa shape index (κ2) is 49.4. The van der Waals surface area contributed by atoms with Gasteiger partial charge in [0.2, 0.25) is 0 Å². The largest absolute Gasteiger partial charge is 0.756 e. The summed E-state index contributed by atoms with van der Waals surface area (Å²) in [5, 5.41) is 39.1. The molecule has 0 radical (unpaired) electrons. The summed E-state index contributed by atoms with van der Waals surface area (Å²) in [6.45, 7) is 32.1. The van der Waals surface area contributed by atoms with Crippen molar-refractivity contribution in [3.63, 3.8) is 0 Å². The predicted molar refractivity (Wildman–Crippen MR) is 474 cm³/mol. The first-order chi connectivity index (χ1) is 58.7. The monoisotopic (exact) mass is 1980 g/mol. The molecule has 0 aromatic carbocycles. The number of hydrogen-bond acceptors (Lipinski definition) is 38. The summed E-state index contributed by atoms with van der Waals surface area (Å²) < 4.78 is 108. The van der Waals surface area contributed by atoms with Gasteiger partial charge in [-0.2, -0.15) is 36.0 Å². The normalized spacial score (nSPS) is 24.8. The van der Waals surface area contributed by atoms with Gasteiger partial charge < -0.3 is 120 Å². The van der Waals surface area contributed by atoms with Crippen LogP contribution in [0.4, 0.5) is 29.1 Å². The SMILES string of the molecule is C#CCBr.C#CCOC1C[C@H](n2ccc(N)nc2=O)O[C@@H]1CO.C#CCOC1C[C@H](n2ccc(N)nc2=O)O[C@@H]1COP(=O)([O-])OP(=O)([O-])OP(=O)([O-])O.C#CCOC1C[C@H](n2ccc(N)nc2=O)O[C@@H]1CO[Si](C)(C)C(C)(C)C.CC(C)(C)[Si](C)(C)Cl.CC(C)(C)[Si](C)(C)OC[C@H]1O[C@@H](n2ccc(N)nc2=O)CC1O.Nc1ccn([C@H]2CC(O)[C@@H](CO)O2)c(=O)n1. The number of rotatable bonds is 26. The van der Waals surface area contributed by atoms with Crippen molar-refractivity contribution in [1.29, 1.82) is 0 Å². The zero-order valence-electron chi connectivity index (χ0n) is 73.1. The van der Waals surface area contributed by atoms with E-state index in [1.165, 1.54) is 61.1 Å². The van der Waals surface area contributed by atoms with Gasteiger partial charge in [0.1, 0.15) is 111 Å². The highest BCUT2D eigenvalue weighted by atomic mass is 79.9. The Morgan fingerprint density at radius 2 is 0.724 bits per heavy atom. The standard InChI is InChI=1S/C18H29N3O4Si.C15H27N3O4Si.C12H18N3O13P3.C12H15N3O4.C9H13N3O4.C6H15ClSi.C3H3Br/c1-7-10-23-13-11-16(21-9-8-15(19)20-17(21)22)25-14(13)12-24-26(5,6)18(2,3)4;1-15(2,3)23(4,5)21-9-11-10(19)8-13(22-11)18-7-6-12(16)17-14(18)20;1-2-5-24-8-6-11(15-4-3-10(13)14-12(15)16)26-9(8)7-25-30(20,21)28-31(22,23)27-29(17,18)19;1-2-5-18-8-6-11(19-9(8)7-16)15-4-3-10(13)14-12(15)17;10-7-1-2-12(9(15)11-7)8-3-5(14)6(4-13)16-8;1-6(2,3)8(4,5)7;1-2-3-4/h1,8-9,13-14,16H,10-12H2,2-6H3,(H2,19,20,22);6-7,10-11,13,19H,8-9H2,1-5H3,(H2,16,17,20);1,3-4,8-9,11H,5-7H2,(H,20,21)(H,22,23)(H2,13,14,16)(H2,17,18,19);1,3-4,8-9,11,16H,5-7H2,(H2,13,14,17);1-2,5-6,8,13-14H,3-4H2,(H2,10,11,15);1-5H3;1H,3H2/p-3/t13?,14-,16-;10?,11-,13-;2*8?,9-,11-;5?,6-,8-;;/m11111../s1. The average molecular weight is 1990 g/mol. The van der Waals surface area contributed by atoms with Crippen LogP contribution in [0.1, 0.15) is 126 Å². The van der Waals surface area contributed by atoms with Crippen molar-refractivity contribution in [3.8, 4) is 49.4 Å². The summed E-state index contributed by atoms with van der Waals surface area (Å²) in [5.74, 6) is 9.96. The zero-order chi connectivity index (χ0) is 96.3. The minimum atomic E-state index is -6.04. The van der Waals surface area contributed by atoms with E-state index in [0.29, 0.717) is 42.8 Å². The molecule has 8 unspecified atom stereocenters. The molecule has 5 aromatic rings. The molecule has 5 saturated heterocycles. The number of ether oxygens (including phenoxy) is 8. The van der Waals surface area contributed by atoms with E-state index in [0.717, 1.165) is 4.57 Å². The second-order valence-electron chi connectivity index (χ2n) is 33.2. The van der Waals surface area contributed by atoms with Gasteiger partial charge in [0.05, 0.1) is 68.9 Å². The third-order valence-electron chi connectivity index (χ3n) is 20.8. The Balaban J connectivity index is 0.000000326. The molecule has 44 nitrogen and oxygen atoms in total. The number of halogens is 2. The van der Waals surface area contributed by atoms with Crippen LogP contribution in [0.5, 0.6) is 0 Å². The molecule has 127 heavy (non-hydrogen) atoms. The van der Waals surface area contributed by atoms with E-state index in [9.17, 15) is 67.7 Å². The highest BCUT2D eigenvalue weighted by Crippen LogP contribution is 2.61. The number of nitrogens with zero attached hydrogens (tertiary/aromatic N) is 10. The number of phosphoric acid groups is 3. The van der Waals surface area contributed by atoms with Crippen molar-refractivity contribution in [2.24, 2.45) is 0 Å². The van der Waals surface area contributed by atoms with Crippen LogP contribution in [0.2, 0.25) is 54.4 Å². The first-order valence-corrected chi connectivity index (χ1v) is 54.5. The highest BCUT2D eigenvalue weighted by Gasteiger charge is 2.46. The van der Waals surface area contributed by atoms with Gasteiger partial charge >= 0.3 is 28.4 Å². The number of hydrogen-bond donors (Lipinski definition) is 10. The van der Waals surface area contributed by atoms with Crippen LogP contribution < -0.4 is 71.8 Å². The lowest BCUT2D eigenvalue weighted by Crippen LogP contribution is -2.44. The molecule has 0 aliphatic carbocycles. The third-order valence-corrected chi connectivity index (χ3v) is 39.0. The maximum atomic E-state index is 12.1. The first kappa shape index (κ1) is 112. The van der Waals surface area contributed by atoms with Gasteiger partial charge in [0.15, 0.2) is 24.0 Å². The molecular weight excluding hydrogens is 1870 g/mol. The van der Waals surface area contributed by atoms with Crippen LogP contribution in [0.25, 0.3) is 0 Å². The molecular formula is C75H117BrClN15O29P3Si3-3. The number of phosphoric ester groups is 1. The summed E-state index contributed by atoms with van der Waals surface area (Å²) in [7, 11) is -22.8. The van der Waals surface area contributed by atoms with Crippen LogP contribution in [0.3, 0.4) is 0 Å². The molecule has 0 saturated carbocycles. The van der Waals surface area contributed by atoms with Crippen molar-refractivity contribution in [3.05, 3.63) is 114 Å². The molecule has 5 fully saturated rings. The molecule has 18 atom stereocenters. The van der Waals surface area contributed by atoms with E-state index in [1.807, 2.05) is 0 Å². The number of nitrogen functional groups attached to an aromatic ring is 5. The number of terminal acetylenes is 4. The van der Waals surface area contributed by atoms with Gasteiger partial charge in [-0.1, -0.05) is 115 Å². The summed E-state index contributed by atoms with van der Waals surface area (Å²) in [4.78, 5) is 119. The molecule has 5 aliphatic heterocycles. The molecule has 10 rings (SSSR count). The van der Waals surface area contributed by atoms with Gasteiger partial charge in [0.25, 0.3) is 23.5 Å². The van der Waals surface area contributed by atoms with Gasteiger partial charge in [-0.3, -0.25) is 36.5 Å². The zero-order valence-corrected chi connectivity index (χ0v) is 81.2. The van der Waals surface area contributed by atoms with E-state index in [4.69, 9.17) is 122 Å². The Labute approximate surface area is 751 Å². The maximum absolute atomic E-state index is 12.1. The molecule has 10 heterocycles. The van der Waals surface area contributed by atoms with Crippen molar-refractivity contribution in [2.45, 2.75) is 241 Å². The maximum Gasteiger partial charge on any atom is 0.351 e. The number of anilines is 5. The van der Waals surface area contributed by atoms with E-state index in [2.05, 4.69) is 179 Å². The molecule has 710 valence electrons. The van der Waals surface area contributed by atoms with Crippen LogP contribution in [0, 0.1) is 49.4 Å². The Kier molecular flexibility index (Phi) is 43.7. The van der Waals surface area contributed by atoms with E-state index in [-0.39, 0.29) is 103 Å². The molecule has 52 heteroatoms. The first-order valence-electron chi connectivity index (χ1n) is 39.1. The Morgan fingerprint density at radius 3 is 0.984 bits per heavy atom. The molecule has 5 aliphatic rings. The van der Waals surface area contributed by atoms with Crippen LogP contribution in [-0.2, 0) is 73.6 Å². The fourth-order valence-corrected chi connectivity index (χ4v) is 15.8. The minimum Gasteiger partial charge on any atom is -0.756 e. The van der Waals surface area contributed by atoms with E-state index < -0.39 is 156 Å². The molecule has 5 aromatic heterocycles. The van der Waals surface area contributed by atoms with Crippen molar-refractivity contribution < 1.29 is 114 Å². The molecule has 0 bridgehead atoms. The highest BCUT2D eigenvalue weighted by molar-refractivity contribution is 9.09. The van der Waals surface area contributed by atoms with Crippen molar-refractivity contribution in [2.75, 3.05) is 86.9 Å². The average Bonchev–Trinajstić information content (AvgIpc) is 1.87. The van der Waals surface area contributed by atoms with Crippen LogP contribution in [-0.4, -0.2) is 216 Å². The topological polar surface area (TPSA) is 646 Å². The number of aromatic nitrogens is 10. The molecule has 0 amide bonds. The summed E-state index contributed by atoms with van der Waals surface area (Å²) >= 11 is 9.16. The van der Waals surface area contributed by atoms with Gasteiger partial charge in [-0.05, 0) is 71.6 Å². The number of nitrogens with two attached hydrogens (primary N) is 5. The Hall–Kier alpha value is -7.09. The molecule has 0 spiro atoms. The summed E-state index contributed by atoms with van der Waals surface area (Å²) in [5.41, 5.74) is 24.5. The molecule has 15 N–H and O–H groups in total. The third kappa shape index (κ3) is 36.2. The van der Waals surface area contributed by atoms with Gasteiger partial charge in [0, 0.05) is 63.1 Å². The lowest BCUT2D eigenvalue weighted by atomic mass is 10.2. The fourth-order valence-electron chi connectivity index (χ4n) is 10.8. The Morgan fingerprint density at radius 1 is 0.465 bits per heavy atom. The van der Waals surface area contributed by atoms with E-state index >= 15 is 0 Å². The smallest absolute Gasteiger partial charge is 0.351 e. The quantitative estimate of drug-likeness (QED) is 0.0125. The second-order valence-corrected chi connectivity index (χ2v) is 55.0. The summed E-state index contributed by atoms with van der Waals surface area (Å²) in [6.07, 6.45) is 19.9. The van der Waals surface area contributed by atoms with Crippen LogP contribution >= 0.6 is 50.5 Å². The fraction of sp³-hybridized carbons (Fsp3) is 0.627. The van der Waals surface area contributed by atoms with Crippen molar-refractivity contribution in [1.82, 2.24) is 47.8 Å². The number of alkyl halides is 1. The minimum absolute atomic E-state index is 0.00172. The lowest BCUT2D eigenvalue weighted by molar-refractivity contribution is -0.250. The number of aliphatic hydroxyl groups is 4. The Bertz CT molecular complexity index is 5010.